The molecule has 0 unspecified atom stereocenters. The molecule has 1 aromatic rings. The van der Waals surface area contributed by atoms with E-state index in [4.69, 9.17) is 9.47 Å². The van der Waals surface area contributed by atoms with Crippen molar-refractivity contribution in [1.29, 1.82) is 0 Å². The normalized spacial score (nSPS) is 16.3. The average molecular weight is 341 g/mol. The Bertz CT molecular complexity index is 596. The van der Waals surface area contributed by atoms with Crippen LogP contribution in [0.25, 0.3) is 0 Å². The van der Waals surface area contributed by atoms with Crippen molar-refractivity contribution in [3.8, 4) is 0 Å². The molecular weight excluding hydrogens is 318 g/mol. The summed E-state index contributed by atoms with van der Waals surface area (Å²) < 4.78 is 10.3. The summed E-state index contributed by atoms with van der Waals surface area (Å²) in [5, 5.41) is 3.07. The molecule has 0 radical (unpaired) electrons. The number of anilines is 1. The van der Waals surface area contributed by atoms with Crippen LogP contribution in [0.15, 0.2) is 0 Å². The fourth-order valence-corrected chi connectivity index (χ4v) is 3.63. The Morgan fingerprint density at radius 3 is 2.61 bits per heavy atom. The summed E-state index contributed by atoms with van der Waals surface area (Å²) in [5.74, 6) is 0.0897. The second-order valence-corrected chi connectivity index (χ2v) is 7.26. The van der Waals surface area contributed by atoms with Crippen molar-refractivity contribution in [1.82, 2.24) is 10.3 Å². The number of nitrogens with zero attached hydrogens (tertiary/aromatic N) is 2. The lowest BCUT2D eigenvalue weighted by Gasteiger charge is -2.26. The Morgan fingerprint density at radius 2 is 2.04 bits per heavy atom. The highest BCUT2D eigenvalue weighted by molar-refractivity contribution is 7.17. The molecule has 1 N–H and O–H groups in total. The molecule has 0 atom stereocenters. The Morgan fingerprint density at radius 1 is 1.39 bits per heavy atom. The molecule has 1 aliphatic carbocycles. The van der Waals surface area contributed by atoms with E-state index in [9.17, 15) is 9.59 Å². The smallest absolute Gasteiger partial charge is 0.323 e. The molecule has 0 fully saturated rings. The molecule has 2 amide bonds. The average Bonchev–Trinajstić information content (AvgIpc) is 2.90. The minimum absolute atomic E-state index is 0.0897. The maximum atomic E-state index is 12.3. The van der Waals surface area contributed by atoms with Crippen LogP contribution in [0, 0.1) is 5.41 Å². The van der Waals surface area contributed by atoms with E-state index < -0.39 is 6.29 Å². The number of ether oxygens (including phenoxy) is 2. The lowest BCUT2D eigenvalue weighted by Crippen LogP contribution is -2.43. The van der Waals surface area contributed by atoms with Crippen LogP contribution in [0.3, 0.4) is 0 Å². The lowest BCUT2D eigenvalue weighted by atomic mass is 9.78. The predicted molar refractivity (Wildman–Crippen MR) is 88.2 cm³/mol. The van der Waals surface area contributed by atoms with Crippen molar-refractivity contribution in [2.45, 2.75) is 33.0 Å². The topological polar surface area (TPSA) is 80.8 Å². The number of rotatable bonds is 5. The zero-order chi connectivity index (χ0) is 17.2. The van der Waals surface area contributed by atoms with Gasteiger partial charge in [-0.2, -0.15) is 0 Å². The van der Waals surface area contributed by atoms with Crippen LogP contribution in [-0.2, 0) is 15.9 Å². The molecular formula is C15H23N3O4S. The molecule has 1 heterocycles. The first-order chi connectivity index (χ1) is 10.8. The number of urea groups is 1. The van der Waals surface area contributed by atoms with Crippen molar-refractivity contribution in [3.63, 3.8) is 0 Å². The van der Waals surface area contributed by atoms with Crippen LogP contribution >= 0.6 is 11.3 Å². The maximum absolute atomic E-state index is 12.3. The van der Waals surface area contributed by atoms with Gasteiger partial charge in [0, 0.05) is 27.7 Å². The first-order valence-electron chi connectivity index (χ1n) is 7.39. The van der Waals surface area contributed by atoms with E-state index in [-0.39, 0.29) is 23.8 Å². The zero-order valence-electron chi connectivity index (χ0n) is 14.1. The quantitative estimate of drug-likeness (QED) is 0.829. The van der Waals surface area contributed by atoms with Gasteiger partial charge in [0.05, 0.1) is 17.1 Å². The molecule has 0 aliphatic heterocycles. The highest BCUT2D eigenvalue weighted by atomic mass is 32.1. The number of carbonyl (C=O) groups excluding carboxylic acids is 2. The Balaban J connectivity index is 2.34. The van der Waals surface area contributed by atoms with E-state index in [0.29, 0.717) is 16.4 Å². The first-order valence-corrected chi connectivity index (χ1v) is 8.20. The van der Waals surface area contributed by atoms with Gasteiger partial charge in [0.25, 0.3) is 0 Å². The largest absolute Gasteiger partial charge is 0.354 e. The Labute approximate surface area is 140 Å². The van der Waals surface area contributed by atoms with Gasteiger partial charge in [0.2, 0.25) is 0 Å². The Kier molecular flexibility index (Phi) is 5.38. The first kappa shape index (κ1) is 17.8. The van der Waals surface area contributed by atoms with Crippen molar-refractivity contribution in [2.75, 3.05) is 32.7 Å². The van der Waals surface area contributed by atoms with Gasteiger partial charge in [0.1, 0.15) is 0 Å². The van der Waals surface area contributed by atoms with Crippen LogP contribution in [0.2, 0.25) is 0 Å². The van der Waals surface area contributed by atoms with E-state index in [2.05, 4.69) is 24.1 Å². The zero-order valence-corrected chi connectivity index (χ0v) is 15.0. The molecule has 128 valence electrons. The van der Waals surface area contributed by atoms with Gasteiger partial charge >= 0.3 is 6.03 Å². The van der Waals surface area contributed by atoms with Gasteiger partial charge in [0.15, 0.2) is 17.2 Å². The number of amides is 2. The molecule has 0 saturated carbocycles. The number of methoxy groups -OCH3 is 2. The van der Waals surface area contributed by atoms with Crippen LogP contribution < -0.4 is 10.2 Å². The highest BCUT2D eigenvalue weighted by Gasteiger charge is 2.35. The molecule has 0 saturated heterocycles. The lowest BCUT2D eigenvalue weighted by molar-refractivity contribution is -0.0939. The van der Waals surface area contributed by atoms with Crippen LogP contribution in [0.1, 0.15) is 35.6 Å². The maximum Gasteiger partial charge on any atom is 0.323 e. The molecule has 0 aromatic carbocycles. The minimum Gasteiger partial charge on any atom is -0.354 e. The summed E-state index contributed by atoms with van der Waals surface area (Å²) >= 11 is 1.25. The number of ketones is 1. The van der Waals surface area contributed by atoms with Gasteiger partial charge in [-0.05, 0) is 11.8 Å². The molecule has 2 rings (SSSR count). The van der Waals surface area contributed by atoms with Crippen LogP contribution in [0.4, 0.5) is 9.93 Å². The fourth-order valence-electron chi connectivity index (χ4n) is 2.60. The summed E-state index contributed by atoms with van der Waals surface area (Å²) in [6.45, 7) is 4.29. The van der Waals surface area contributed by atoms with Gasteiger partial charge < -0.3 is 14.8 Å². The molecule has 23 heavy (non-hydrogen) atoms. The molecule has 8 heteroatoms. The summed E-state index contributed by atoms with van der Waals surface area (Å²) in [4.78, 5) is 31.1. The van der Waals surface area contributed by atoms with Crippen molar-refractivity contribution in [3.05, 3.63) is 10.6 Å². The number of Topliss-reactive ketones (excluding diaryl/α,β-unsaturated/α-hetero) is 1. The molecule has 7 nitrogen and oxygen atoms in total. The van der Waals surface area contributed by atoms with E-state index in [0.717, 1.165) is 12.1 Å². The second-order valence-electron chi connectivity index (χ2n) is 6.28. The van der Waals surface area contributed by atoms with Crippen LogP contribution in [-0.4, -0.2) is 50.9 Å². The molecule has 0 spiro atoms. The summed E-state index contributed by atoms with van der Waals surface area (Å²) in [6, 6.07) is -0.318. The van der Waals surface area contributed by atoms with Crippen molar-refractivity contribution < 1.29 is 19.1 Å². The van der Waals surface area contributed by atoms with Crippen LogP contribution in [0.5, 0.6) is 0 Å². The van der Waals surface area contributed by atoms with Gasteiger partial charge in [-0.25, -0.2) is 9.78 Å². The third-order valence-electron chi connectivity index (χ3n) is 3.77. The summed E-state index contributed by atoms with van der Waals surface area (Å²) in [7, 11) is 4.57. The van der Waals surface area contributed by atoms with Gasteiger partial charge in [-0.1, -0.05) is 25.2 Å². The Hall–Kier alpha value is -1.51. The number of carbonyl (C=O) groups is 2. The van der Waals surface area contributed by atoms with Gasteiger partial charge in [-0.15, -0.1) is 0 Å². The van der Waals surface area contributed by atoms with E-state index >= 15 is 0 Å². The van der Waals surface area contributed by atoms with Crippen molar-refractivity contribution >= 4 is 28.3 Å². The molecule has 0 bridgehead atoms. The second kappa shape index (κ2) is 6.94. The third-order valence-corrected chi connectivity index (χ3v) is 4.93. The van der Waals surface area contributed by atoms with E-state index in [1.807, 2.05) is 0 Å². The summed E-state index contributed by atoms with van der Waals surface area (Å²) in [5.41, 5.74) is 0.668. The fraction of sp³-hybridized carbons (Fsp3) is 0.667. The monoisotopic (exact) mass is 341 g/mol. The number of aromatic nitrogens is 1. The molecule has 1 aromatic heterocycles. The van der Waals surface area contributed by atoms with Crippen molar-refractivity contribution in [2.24, 2.45) is 5.41 Å². The number of nitrogens with one attached hydrogen (secondary N) is 1. The number of thiazole rings is 1. The SMILES string of the molecule is CNC(=O)N(CC(OC)OC)c1nc2c(s1)C(=O)CC(C)(C)C2. The molecule has 1 aliphatic rings. The number of fused-ring (bicyclic) bond motifs is 1. The number of hydrogen-bond donors (Lipinski definition) is 1. The highest BCUT2D eigenvalue weighted by Crippen LogP contribution is 2.39. The number of hydrogen-bond acceptors (Lipinski definition) is 6. The third kappa shape index (κ3) is 3.88. The predicted octanol–water partition coefficient (Wildman–Crippen LogP) is 2.06. The summed E-state index contributed by atoms with van der Waals surface area (Å²) in [6.07, 6.45) is 0.658. The van der Waals surface area contributed by atoms with E-state index in [1.165, 1.54) is 30.5 Å². The van der Waals surface area contributed by atoms with Gasteiger partial charge in [-0.3, -0.25) is 9.69 Å². The standard InChI is InChI=1S/C15H23N3O4S/c1-15(2)6-9-12(10(19)7-15)23-14(17-9)18(13(20)16-3)8-11(21-4)22-5/h11H,6-8H2,1-5H3,(H,16,20). The van der Waals surface area contributed by atoms with E-state index in [1.54, 1.807) is 7.05 Å². The minimum atomic E-state index is -0.569.